The van der Waals surface area contributed by atoms with E-state index in [4.69, 9.17) is 10.8 Å². The molecule has 2 heterocycles. The molecule has 0 aliphatic rings. The van der Waals surface area contributed by atoms with Crippen LogP contribution in [0.3, 0.4) is 0 Å². The number of oxazole rings is 1. The molecule has 3 rings (SSSR count). The Morgan fingerprint density at radius 3 is 2.84 bits per heavy atom. The van der Waals surface area contributed by atoms with Gasteiger partial charge in [-0.2, -0.15) is 0 Å². The molecule has 0 unspecified atom stereocenters. The second kappa shape index (κ2) is 7.11. The summed E-state index contributed by atoms with van der Waals surface area (Å²) in [5, 5.41) is 10.9. The third-order valence-corrected chi connectivity index (χ3v) is 3.63. The number of hydrogen-bond acceptors (Lipinski definition) is 6. The van der Waals surface area contributed by atoms with Crippen LogP contribution in [-0.4, -0.2) is 26.3 Å². The summed E-state index contributed by atoms with van der Waals surface area (Å²) in [6.07, 6.45) is 5.46. The van der Waals surface area contributed by atoms with Crippen molar-refractivity contribution in [2.24, 2.45) is 0 Å². The molecule has 0 N–H and O–H groups in total. The minimum atomic E-state index is -0.457. The van der Waals surface area contributed by atoms with E-state index < -0.39 is 4.92 Å². The first kappa shape index (κ1) is 16.6. The summed E-state index contributed by atoms with van der Waals surface area (Å²) >= 11 is 0. The molecule has 7 nitrogen and oxygen atoms in total. The van der Waals surface area contributed by atoms with E-state index >= 15 is 0 Å². The second-order valence-corrected chi connectivity index (χ2v) is 5.64. The molecule has 0 radical (unpaired) electrons. The van der Waals surface area contributed by atoms with E-state index in [9.17, 15) is 10.1 Å². The minimum Gasteiger partial charge on any atom is -0.439 e. The maximum absolute atomic E-state index is 10.9. The van der Waals surface area contributed by atoms with Gasteiger partial charge < -0.3 is 4.42 Å². The molecule has 2 aromatic heterocycles. The van der Waals surface area contributed by atoms with Crippen molar-refractivity contribution >= 4 is 16.8 Å². The number of aryl methyl sites for hydroxylation is 1. The SMILES string of the molecule is C#CCN(Cc1cccc(C)n1)Cc1nc2cc([N+](=O)[O-])ccc2o1. The van der Waals surface area contributed by atoms with Gasteiger partial charge in [-0.3, -0.25) is 20.0 Å². The number of benzene rings is 1. The third kappa shape index (κ3) is 4.00. The molecular weight excluding hydrogens is 320 g/mol. The molecule has 3 aromatic rings. The molecule has 0 spiro atoms. The molecule has 0 fully saturated rings. The monoisotopic (exact) mass is 336 g/mol. The molecule has 0 amide bonds. The van der Waals surface area contributed by atoms with Gasteiger partial charge in [0.2, 0.25) is 5.89 Å². The lowest BCUT2D eigenvalue weighted by molar-refractivity contribution is -0.384. The molecule has 7 heteroatoms. The van der Waals surface area contributed by atoms with Gasteiger partial charge >= 0.3 is 0 Å². The average molecular weight is 336 g/mol. The molecule has 25 heavy (non-hydrogen) atoms. The molecule has 0 saturated heterocycles. The average Bonchev–Trinajstić information content (AvgIpc) is 2.96. The number of rotatable bonds is 6. The van der Waals surface area contributed by atoms with Crippen LogP contribution in [0.25, 0.3) is 11.1 Å². The van der Waals surface area contributed by atoms with Gasteiger partial charge in [-0.1, -0.05) is 12.0 Å². The van der Waals surface area contributed by atoms with Crippen molar-refractivity contribution in [2.75, 3.05) is 6.54 Å². The highest BCUT2D eigenvalue weighted by Crippen LogP contribution is 2.22. The van der Waals surface area contributed by atoms with E-state index in [1.165, 1.54) is 12.1 Å². The van der Waals surface area contributed by atoms with Gasteiger partial charge in [0, 0.05) is 24.4 Å². The Bertz CT molecular complexity index is 958. The van der Waals surface area contributed by atoms with Gasteiger partial charge in [-0.15, -0.1) is 6.42 Å². The lowest BCUT2D eigenvalue weighted by Gasteiger charge is -2.17. The summed E-state index contributed by atoms with van der Waals surface area (Å²) in [5.74, 6) is 3.08. The molecule has 126 valence electrons. The number of non-ortho nitro benzene ring substituents is 1. The van der Waals surface area contributed by atoms with Crippen molar-refractivity contribution < 1.29 is 9.34 Å². The fraction of sp³-hybridized carbons (Fsp3) is 0.222. The first-order valence-electron chi connectivity index (χ1n) is 7.67. The second-order valence-electron chi connectivity index (χ2n) is 5.64. The highest BCUT2D eigenvalue weighted by atomic mass is 16.6. The summed E-state index contributed by atoms with van der Waals surface area (Å²) in [6.45, 7) is 3.30. The van der Waals surface area contributed by atoms with E-state index in [0.29, 0.717) is 36.6 Å². The molecule has 0 aliphatic carbocycles. The smallest absolute Gasteiger partial charge is 0.271 e. The largest absolute Gasteiger partial charge is 0.439 e. The summed E-state index contributed by atoms with van der Waals surface area (Å²) in [4.78, 5) is 21.2. The summed E-state index contributed by atoms with van der Waals surface area (Å²) in [5.41, 5.74) is 2.79. The Morgan fingerprint density at radius 1 is 1.28 bits per heavy atom. The Kier molecular flexibility index (Phi) is 4.73. The van der Waals surface area contributed by atoms with Crippen molar-refractivity contribution in [3.8, 4) is 12.3 Å². The highest BCUT2D eigenvalue weighted by molar-refractivity contribution is 5.75. The van der Waals surface area contributed by atoms with Crippen LogP contribution in [0.5, 0.6) is 0 Å². The van der Waals surface area contributed by atoms with Crippen LogP contribution < -0.4 is 0 Å². The van der Waals surface area contributed by atoms with Crippen molar-refractivity contribution in [3.63, 3.8) is 0 Å². The summed E-state index contributed by atoms with van der Waals surface area (Å²) < 4.78 is 5.68. The topological polar surface area (TPSA) is 85.3 Å². The molecule has 1 aromatic carbocycles. The van der Waals surface area contributed by atoms with Crippen molar-refractivity contribution in [1.29, 1.82) is 0 Å². The van der Waals surface area contributed by atoms with Crippen molar-refractivity contribution in [2.45, 2.75) is 20.0 Å². The fourth-order valence-electron chi connectivity index (χ4n) is 2.55. The number of fused-ring (bicyclic) bond motifs is 1. The van der Waals surface area contributed by atoms with E-state index in [1.807, 2.05) is 30.0 Å². The van der Waals surface area contributed by atoms with Gasteiger partial charge in [0.05, 0.1) is 23.7 Å². The van der Waals surface area contributed by atoms with Gasteiger partial charge in [-0.25, -0.2) is 4.98 Å². The van der Waals surface area contributed by atoms with E-state index in [0.717, 1.165) is 11.4 Å². The number of pyridine rings is 1. The first-order chi connectivity index (χ1) is 12.0. The van der Waals surface area contributed by atoms with Gasteiger partial charge in [0.15, 0.2) is 5.58 Å². The van der Waals surface area contributed by atoms with Crippen LogP contribution >= 0.6 is 0 Å². The van der Waals surface area contributed by atoms with Crippen LogP contribution in [0, 0.1) is 29.4 Å². The van der Waals surface area contributed by atoms with E-state index in [2.05, 4.69) is 15.9 Å². The van der Waals surface area contributed by atoms with Crippen molar-refractivity contribution in [3.05, 3.63) is 63.8 Å². The summed E-state index contributed by atoms with van der Waals surface area (Å²) in [6, 6.07) is 10.2. The normalized spacial score (nSPS) is 10.9. The Hall–Kier alpha value is -3.24. The number of nitro benzene ring substituents is 1. The molecule has 0 aliphatic heterocycles. The molecule has 0 atom stereocenters. The lowest BCUT2D eigenvalue weighted by Crippen LogP contribution is -2.24. The predicted molar refractivity (Wildman–Crippen MR) is 92.6 cm³/mol. The zero-order valence-electron chi connectivity index (χ0n) is 13.7. The van der Waals surface area contributed by atoms with Crippen LogP contribution in [0.4, 0.5) is 5.69 Å². The molecule has 0 bridgehead atoms. The lowest BCUT2D eigenvalue weighted by atomic mass is 10.3. The summed E-state index contributed by atoms with van der Waals surface area (Å²) in [7, 11) is 0. The Morgan fingerprint density at radius 2 is 2.12 bits per heavy atom. The molecular formula is C18H16N4O3. The number of nitrogens with zero attached hydrogens (tertiary/aromatic N) is 4. The standard InChI is InChI=1S/C18H16N4O3/c1-3-9-21(11-14-6-4-5-13(2)19-14)12-18-20-16-10-15(22(23)24)7-8-17(16)25-18/h1,4-8,10H,9,11-12H2,2H3. The number of aromatic nitrogens is 2. The minimum absolute atomic E-state index is 0.0169. The third-order valence-electron chi connectivity index (χ3n) is 3.63. The van der Waals surface area contributed by atoms with Crippen LogP contribution in [0.15, 0.2) is 40.8 Å². The number of terminal acetylenes is 1. The number of nitro groups is 1. The van der Waals surface area contributed by atoms with Crippen LogP contribution in [-0.2, 0) is 13.1 Å². The maximum atomic E-state index is 10.9. The van der Waals surface area contributed by atoms with Gasteiger partial charge in [0.1, 0.15) is 5.52 Å². The van der Waals surface area contributed by atoms with Crippen LogP contribution in [0.1, 0.15) is 17.3 Å². The van der Waals surface area contributed by atoms with E-state index in [-0.39, 0.29) is 5.69 Å². The zero-order chi connectivity index (χ0) is 17.8. The quantitative estimate of drug-likeness (QED) is 0.391. The molecule has 0 saturated carbocycles. The highest BCUT2D eigenvalue weighted by Gasteiger charge is 2.14. The number of hydrogen-bond donors (Lipinski definition) is 0. The van der Waals surface area contributed by atoms with Crippen molar-refractivity contribution in [1.82, 2.24) is 14.9 Å². The van der Waals surface area contributed by atoms with Crippen LogP contribution in [0.2, 0.25) is 0 Å². The van der Waals surface area contributed by atoms with Gasteiger partial charge in [-0.05, 0) is 25.1 Å². The predicted octanol–water partition coefficient (Wildman–Crippen LogP) is 3.07. The first-order valence-corrected chi connectivity index (χ1v) is 7.67. The zero-order valence-corrected chi connectivity index (χ0v) is 13.7. The van der Waals surface area contributed by atoms with E-state index in [1.54, 1.807) is 6.07 Å². The maximum Gasteiger partial charge on any atom is 0.271 e. The Balaban J connectivity index is 1.81. The Labute approximate surface area is 144 Å². The fourth-order valence-corrected chi connectivity index (χ4v) is 2.55. The van der Waals surface area contributed by atoms with Gasteiger partial charge in [0.25, 0.3) is 5.69 Å².